The van der Waals surface area contributed by atoms with E-state index in [0.29, 0.717) is 13.0 Å². The van der Waals surface area contributed by atoms with Gasteiger partial charge >= 0.3 is 12.0 Å². The Morgan fingerprint density at radius 3 is 2.71 bits per heavy atom. The highest BCUT2D eigenvalue weighted by molar-refractivity contribution is 7.07. The maximum atomic E-state index is 11.6. The summed E-state index contributed by atoms with van der Waals surface area (Å²) in [5, 5.41) is 16.1. The molecule has 0 saturated carbocycles. The van der Waals surface area contributed by atoms with Gasteiger partial charge in [-0.2, -0.15) is 0 Å². The van der Waals surface area contributed by atoms with Crippen LogP contribution in [0.4, 0.5) is 4.79 Å². The zero-order valence-electron chi connectivity index (χ0n) is 11.1. The first-order valence-electron chi connectivity index (χ1n) is 6.22. The van der Waals surface area contributed by atoms with Crippen molar-refractivity contribution >= 4 is 23.3 Å². The molecule has 2 aromatic rings. The maximum absolute atomic E-state index is 11.6. The number of nitrogens with one attached hydrogen (secondary N) is 2. The lowest BCUT2D eigenvalue weighted by atomic mass is 10.2. The van der Waals surface area contributed by atoms with E-state index in [0.717, 1.165) is 11.3 Å². The Morgan fingerprint density at radius 1 is 1.24 bits per heavy atom. The molecule has 2 aromatic heterocycles. The number of carboxylic acid groups (broad SMARTS) is 1. The summed E-state index contributed by atoms with van der Waals surface area (Å²) in [6, 6.07) is 2.73. The Bertz CT molecular complexity index is 598. The van der Waals surface area contributed by atoms with Crippen LogP contribution >= 0.6 is 11.3 Å². The second-order valence-electron chi connectivity index (χ2n) is 4.20. The molecule has 0 spiro atoms. The van der Waals surface area contributed by atoms with E-state index in [1.807, 2.05) is 5.38 Å². The van der Waals surface area contributed by atoms with Gasteiger partial charge < -0.3 is 15.7 Å². The van der Waals surface area contributed by atoms with Gasteiger partial charge in [0.15, 0.2) is 0 Å². The van der Waals surface area contributed by atoms with Gasteiger partial charge in [0.1, 0.15) is 5.69 Å². The lowest BCUT2D eigenvalue weighted by molar-refractivity contribution is 0.0690. The first kappa shape index (κ1) is 14.9. The minimum absolute atomic E-state index is 0.0218. The molecule has 0 saturated heterocycles. The molecule has 0 aromatic carbocycles. The van der Waals surface area contributed by atoms with Crippen LogP contribution in [0.1, 0.15) is 21.7 Å². The molecule has 0 bridgehead atoms. The number of rotatable bonds is 6. The highest BCUT2D eigenvalue weighted by Gasteiger charge is 2.05. The van der Waals surface area contributed by atoms with Crippen molar-refractivity contribution in [3.8, 4) is 0 Å². The van der Waals surface area contributed by atoms with Gasteiger partial charge in [-0.25, -0.2) is 19.6 Å². The first-order valence-corrected chi connectivity index (χ1v) is 7.16. The molecule has 2 rings (SSSR count). The Hall–Kier alpha value is -2.48. The number of urea groups is 1. The molecule has 0 aliphatic carbocycles. The van der Waals surface area contributed by atoms with Crippen molar-refractivity contribution in [3.63, 3.8) is 0 Å². The summed E-state index contributed by atoms with van der Waals surface area (Å²) in [6.45, 7) is 0.793. The summed E-state index contributed by atoms with van der Waals surface area (Å²) in [7, 11) is 0. The van der Waals surface area contributed by atoms with Crippen LogP contribution < -0.4 is 10.6 Å². The van der Waals surface area contributed by atoms with Gasteiger partial charge in [0.2, 0.25) is 0 Å². The summed E-state index contributed by atoms with van der Waals surface area (Å²) < 4.78 is 0. The fourth-order valence-corrected chi connectivity index (χ4v) is 2.16. The smallest absolute Gasteiger partial charge is 0.354 e. The monoisotopic (exact) mass is 306 g/mol. The lowest BCUT2D eigenvalue weighted by Crippen LogP contribution is -2.36. The maximum Gasteiger partial charge on any atom is 0.354 e. The molecule has 0 aliphatic rings. The van der Waals surface area contributed by atoms with Crippen LogP contribution in [0.2, 0.25) is 0 Å². The van der Waals surface area contributed by atoms with Crippen molar-refractivity contribution in [2.24, 2.45) is 0 Å². The van der Waals surface area contributed by atoms with Crippen molar-refractivity contribution in [1.29, 1.82) is 0 Å². The second kappa shape index (κ2) is 7.34. The predicted octanol–water partition coefficient (Wildman–Crippen LogP) is 1.28. The number of carboxylic acids is 1. The van der Waals surface area contributed by atoms with Crippen LogP contribution in [0.25, 0.3) is 0 Å². The Kier molecular flexibility index (Phi) is 5.22. The molecule has 2 amide bonds. The molecule has 8 heteroatoms. The summed E-state index contributed by atoms with van der Waals surface area (Å²) in [5.74, 6) is -1.07. The summed E-state index contributed by atoms with van der Waals surface area (Å²) >= 11 is 1.52. The van der Waals surface area contributed by atoms with E-state index in [1.165, 1.54) is 23.6 Å². The highest BCUT2D eigenvalue weighted by atomic mass is 32.1. The standard InChI is InChI=1S/C13H14N4O3S/c18-12(19)11-2-1-9(5-15-11)6-16-13(20)14-4-3-10-7-21-8-17-10/h1-2,5,7-8H,3-4,6H2,(H,18,19)(H2,14,16,20). The Labute approximate surface area is 125 Å². The molecule has 0 fully saturated rings. The van der Waals surface area contributed by atoms with Crippen LogP contribution in [0.15, 0.2) is 29.2 Å². The van der Waals surface area contributed by atoms with Gasteiger partial charge in [-0.15, -0.1) is 11.3 Å². The largest absolute Gasteiger partial charge is 0.477 e. The number of aromatic carboxylic acids is 1. The van der Waals surface area contributed by atoms with E-state index < -0.39 is 5.97 Å². The SMILES string of the molecule is O=C(NCCc1cscn1)NCc1ccc(C(=O)O)nc1. The van der Waals surface area contributed by atoms with E-state index in [9.17, 15) is 9.59 Å². The fraction of sp³-hybridized carbons (Fsp3) is 0.231. The van der Waals surface area contributed by atoms with Crippen LogP contribution in [0, 0.1) is 0 Å². The third-order valence-corrected chi connectivity index (χ3v) is 3.28. The molecule has 2 heterocycles. The van der Waals surface area contributed by atoms with Crippen molar-refractivity contribution in [3.05, 3.63) is 46.2 Å². The number of carbonyl (C=O) groups is 2. The van der Waals surface area contributed by atoms with Crippen molar-refractivity contribution < 1.29 is 14.7 Å². The van der Waals surface area contributed by atoms with Crippen LogP contribution in [0.3, 0.4) is 0 Å². The first-order chi connectivity index (χ1) is 10.1. The molecule has 0 aliphatic heterocycles. The van der Waals surface area contributed by atoms with Crippen molar-refractivity contribution in [2.45, 2.75) is 13.0 Å². The quantitative estimate of drug-likeness (QED) is 0.745. The molecular formula is C13H14N4O3S. The number of amides is 2. The van der Waals surface area contributed by atoms with E-state index in [-0.39, 0.29) is 18.3 Å². The predicted molar refractivity (Wildman–Crippen MR) is 77.3 cm³/mol. The average molecular weight is 306 g/mol. The van der Waals surface area contributed by atoms with E-state index in [2.05, 4.69) is 20.6 Å². The minimum Gasteiger partial charge on any atom is -0.477 e. The van der Waals surface area contributed by atoms with E-state index in [4.69, 9.17) is 5.11 Å². The van der Waals surface area contributed by atoms with Gasteiger partial charge in [0, 0.05) is 31.1 Å². The molecule has 110 valence electrons. The lowest BCUT2D eigenvalue weighted by Gasteiger charge is -2.07. The van der Waals surface area contributed by atoms with Gasteiger partial charge in [-0.05, 0) is 11.6 Å². The normalized spacial score (nSPS) is 10.1. The topological polar surface area (TPSA) is 104 Å². The van der Waals surface area contributed by atoms with Gasteiger partial charge in [-0.3, -0.25) is 0 Å². The Balaban J connectivity index is 1.69. The second-order valence-corrected chi connectivity index (χ2v) is 4.91. The van der Waals surface area contributed by atoms with Gasteiger partial charge in [-0.1, -0.05) is 6.07 Å². The number of thiazole rings is 1. The molecule has 3 N–H and O–H groups in total. The van der Waals surface area contributed by atoms with Crippen molar-refractivity contribution in [2.75, 3.05) is 6.54 Å². The average Bonchev–Trinajstić information content (AvgIpc) is 2.99. The van der Waals surface area contributed by atoms with Crippen LogP contribution in [-0.2, 0) is 13.0 Å². The zero-order chi connectivity index (χ0) is 15.1. The third kappa shape index (κ3) is 4.84. The molecule has 0 atom stereocenters. The fourth-order valence-electron chi connectivity index (χ4n) is 1.57. The number of pyridine rings is 1. The minimum atomic E-state index is -1.07. The van der Waals surface area contributed by atoms with E-state index >= 15 is 0 Å². The molecule has 0 unspecified atom stereocenters. The van der Waals surface area contributed by atoms with E-state index in [1.54, 1.807) is 11.6 Å². The van der Waals surface area contributed by atoms with Crippen LogP contribution in [0.5, 0.6) is 0 Å². The number of carbonyl (C=O) groups excluding carboxylic acids is 1. The number of aromatic nitrogens is 2. The molecule has 21 heavy (non-hydrogen) atoms. The summed E-state index contributed by atoms with van der Waals surface area (Å²) in [6.07, 6.45) is 2.12. The van der Waals surface area contributed by atoms with Gasteiger partial charge in [0.25, 0.3) is 0 Å². The highest BCUT2D eigenvalue weighted by Crippen LogP contribution is 2.01. The number of nitrogens with zero attached hydrogens (tertiary/aromatic N) is 2. The Morgan fingerprint density at radius 2 is 2.10 bits per heavy atom. The van der Waals surface area contributed by atoms with Gasteiger partial charge in [0.05, 0.1) is 11.2 Å². The number of hydrogen-bond acceptors (Lipinski definition) is 5. The number of hydrogen-bond donors (Lipinski definition) is 3. The third-order valence-electron chi connectivity index (χ3n) is 2.65. The van der Waals surface area contributed by atoms with Crippen LogP contribution in [-0.4, -0.2) is 33.6 Å². The summed E-state index contributed by atoms with van der Waals surface area (Å²) in [4.78, 5) is 30.1. The summed E-state index contributed by atoms with van der Waals surface area (Å²) in [5.41, 5.74) is 3.42. The molecular weight excluding hydrogens is 292 g/mol. The molecule has 0 radical (unpaired) electrons. The molecule has 7 nitrogen and oxygen atoms in total. The zero-order valence-corrected chi connectivity index (χ0v) is 11.9. The van der Waals surface area contributed by atoms with Crippen molar-refractivity contribution in [1.82, 2.24) is 20.6 Å².